The van der Waals surface area contributed by atoms with E-state index >= 15 is 0 Å². The number of nitrogen functional groups attached to an aromatic ring is 2. The number of nitrogens with zero attached hydrogens (tertiary/aromatic N) is 13. The predicted molar refractivity (Wildman–Crippen MR) is 483 cm³/mol. The maximum Gasteiger partial charge on any atom is 0.329 e. The Bertz CT molecular complexity index is 5080. The first-order valence-electron chi connectivity index (χ1n) is 45.6. The first-order valence-corrected chi connectivity index (χ1v) is 45.6. The highest BCUT2D eigenvalue weighted by Crippen LogP contribution is 2.39. The molecule has 4 fully saturated rings. The summed E-state index contributed by atoms with van der Waals surface area (Å²) in [6.45, 7) is 16.4. The highest BCUT2D eigenvalue weighted by Gasteiger charge is 2.53. The summed E-state index contributed by atoms with van der Waals surface area (Å²) in [5.41, 5.74) is 26.7. The van der Waals surface area contributed by atoms with Crippen molar-refractivity contribution < 1.29 is 91.2 Å². The van der Waals surface area contributed by atoms with Crippen LogP contribution in [0.25, 0.3) is 44.5 Å². The lowest BCUT2D eigenvalue weighted by atomic mass is 9.80. The maximum absolute atomic E-state index is 14.8. The van der Waals surface area contributed by atoms with Crippen LogP contribution in [0.5, 0.6) is 0 Å². The summed E-state index contributed by atoms with van der Waals surface area (Å²) >= 11 is 0. The molecule has 3 saturated heterocycles. The molecule has 9 heterocycles. The molecule has 5 aromatic heterocycles. The highest BCUT2D eigenvalue weighted by atomic mass is 16.6. The molecule has 15 atom stereocenters. The normalized spacial score (nSPS) is 26.2. The SMILES string of the molecule is COC1C[C@@H]2CC[C@@H](C)[C@@](O)(O2)C(=O)C(=O)N2CCCCC2C(=O)OC(C(N)CC2CCC(OCc3cccc(-c4cnc(N5CCN(C(=O)CCc6cn(CCOCCOCCOCCC(=O)NCCCCn7nc(-c8ccc9oc(N)nc9c8)c8c(N)ncnc87)nn6)CC5)nc4)c3)[C@H](OC)C2)CC(=O)C(C)/C=C(\C)C(O)[C@@H](O)C(=O)C(C)CC(C)/C=C/C=CC=C1C. The second kappa shape index (κ2) is 47.5. The molecular formula is C94H129N17O19. The fourth-order valence-corrected chi connectivity index (χ4v) is 17.7. The molecule has 1 saturated carbocycles. The fourth-order valence-electron chi connectivity index (χ4n) is 17.7. The summed E-state index contributed by atoms with van der Waals surface area (Å²) in [6.07, 6.45) is 18.0. The van der Waals surface area contributed by atoms with Gasteiger partial charge in [0.05, 0.1) is 88.3 Å². The van der Waals surface area contributed by atoms with Crippen LogP contribution >= 0.6 is 0 Å². The molecule has 4 aliphatic heterocycles. The van der Waals surface area contributed by atoms with Gasteiger partial charge in [0.1, 0.15) is 53.5 Å². The van der Waals surface area contributed by atoms with E-state index in [-0.39, 0.29) is 99.3 Å². The zero-order valence-corrected chi connectivity index (χ0v) is 75.9. The third kappa shape index (κ3) is 26.5. The van der Waals surface area contributed by atoms with E-state index in [4.69, 9.17) is 74.6 Å². The van der Waals surface area contributed by atoms with Crippen LogP contribution in [0.2, 0.25) is 0 Å². The number of cyclic esters (lactones) is 1. The van der Waals surface area contributed by atoms with Crippen LogP contribution in [0, 0.1) is 29.6 Å². The second-order valence-corrected chi connectivity index (χ2v) is 35.1. The molecular weight excluding hydrogens is 1670 g/mol. The molecule has 12 rings (SSSR count). The molecule has 704 valence electrons. The largest absolute Gasteiger partial charge is 0.459 e. The number of ether oxygens (including phenoxy) is 8. The number of Topliss-reactive ketones (excluding diaryl/α,β-unsaturated/α-hetero) is 3. The molecule has 1 aliphatic carbocycles. The summed E-state index contributed by atoms with van der Waals surface area (Å²) in [6, 6.07) is 11.4. The molecule has 36 nitrogen and oxygen atoms in total. The number of hydrogen-bond donors (Lipinski definition) is 7. The predicted octanol–water partition coefficient (Wildman–Crippen LogP) is 7.92. The number of nitrogens with one attached hydrogen (secondary N) is 1. The van der Waals surface area contributed by atoms with Crippen molar-refractivity contribution in [1.82, 2.24) is 64.8 Å². The Kier molecular flexibility index (Phi) is 36.0. The number of anilines is 3. The smallest absolute Gasteiger partial charge is 0.329 e. The van der Waals surface area contributed by atoms with Crippen LogP contribution < -0.4 is 27.4 Å². The van der Waals surface area contributed by atoms with E-state index in [9.17, 15) is 48.9 Å². The number of hydrogen-bond acceptors (Lipinski definition) is 31. The number of rotatable bonds is 31. The van der Waals surface area contributed by atoms with Gasteiger partial charge < -0.3 is 94.8 Å². The minimum Gasteiger partial charge on any atom is -0.459 e. The van der Waals surface area contributed by atoms with Crippen molar-refractivity contribution >= 4 is 81.0 Å². The average Bonchev–Trinajstić information content (AvgIpc) is 1.39. The molecule has 130 heavy (non-hydrogen) atoms. The van der Waals surface area contributed by atoms with Crippen molar-refractivity contribution in [2.45, 2.75) is 231 Å². The van der Waals surface area contributed by atoms with Gasteiger partial charge in [-0.1, -0.05) is 87.6 Å². The van der Waals surface area contributed by atoms with Gasteiger partial charge in [-0.25, -0.2) is 34.1 Å². The Morgan fingerprint density at radius 1 is 0.754 bits per heavy atom. The van der Waals surface area contributed by atoms with Crippen molar-refractivity contribution in [3.8, 4) is 22.4 Å². The lowest BCUT2D eigenvalue weighted by Gasteiger charge is -2.42. The van der Waals surface area contributed by atoms with Crippen molar-refractivity contribution in [2.75, 3.05) is 109 Å². The Hall–Kier alpha value is -10.5. The number of piperidine rings is 1. The maximum atomic E-state index is 14.8. The number of allylic oxidation sites excluding steroid dienone is 6. The first kappa shape index (κ1) is 98.5. The number of ketones is 3. The molecule has 10 N–H and O–H groups in total. The number of oxazole rings is 1. The van der Waals surface area contributed by atoms with E-state index in [2.05, 4.69) is 35.5 Å². The number of methoxy groups -OCH3 is 2. The van der Waals surface area contributed by atoms with Gasteiger partial charge in [-0.05, 0) is 149 Å². The minimum atomic E-state index is -2.50. The van der Waals surface area contributed by atoms with E-state index < -0.39 is 95.4 Å². The Morgan fingerprint density at radius 3 is 2.29 bits per heavy atom. The summed E-state index contributed by atoms with van der Waals surface area (Å²) < 4.78 is 57.1. The number of nitrogens with two attached hydrogens (primary N) is 3. The van der Waals surface area contributed by atoms with Gasteiger partial charge in [-0.3, -0.25) is 28.8 Å². The number of piperazine rings is 1. The minimum absolute atomic E-state index is 0.0134. The van der Waals surface area contributed by atoms with Crippen LogP contribution in [0.4, 0.5) is 17.8 Å². The third-order valence-electron chi connectivity index (χ3n) is 25.5. The zero-order valence-electron chi connectivity index (χ0n) is 75.9. The third-order valence-corrected chi connectivity index (χ3v) is 25.5. The summed E-state index contributed by atoms with van der Waals surface area (Å²) in [5.74, 6) is -8.25. The molecule has 36 heteroatoms. The Labute approximate surface area is 757 Å². The fraction of sp³-hybridized carbons (Fsp3) is 0.585. The Balaban J connectivity index is 0.546. The van der Waals surface area contributed by atoms with Gasteiger partial charge in [-0.15, -0.1) is 5.10 Å². The van der Waals surface area contributed by atoms with Crippen LogP contribution in [-0.2, 0) is 97.6 Å². The Morgan fingerprint density at radius 2 is 1.52 bits per heavy atom. The van der Waals surface area contributed by atoms with E-state index in [1.807, 2.05) is 91.7 Å². The van der Waals surface area contributed by atoms with E-state index in [1.165, 1.54) is 19.3 Å². The number of amides is 3. The monoisotopic (exact) mass is 1800 g/mol. The second-order valence-electron chi connectivity index (χ2n) is 35.1. The number of aliphatic hydroxyl groups is 3. The van der Waals surface area contributed by atoms with E-state index in [1.54, 1.807) is 62.8 Å². The van der Waals surface area contributed by atoms with Crippen LogP contribution in [0.1, 0.15) is 156 Å². The van der Waals surface area contributed by atoms with Crippen LogP contribution in [0.15, 0.2) is 119 Å². The van der Waals surface area contributed by atoms with Gasteiger partial charge in [0.25, 0.3) is 17.7 Å². The van der Waals surface area contributed by atoms with Gasteiger partial charge in [0.15, 0.2) is 17.0 Å². The average molecular weight is 1800 g/mol. The van der Waals surface area contributed by atoms with Gasteiger partial charge >= 0.3 is 5.97 Å². The van der Waals surface area contributed by atoms with Gasteiger partial charge in [0.2, 0.25) is 23.5 Å². The van der Waals surface area contributed by atoms with Crippen molar-refractivity contribution in [1.29, 1.82) is 0 Å². The number of aromatic nitrogens is 10. The van der Waals surface area contributed by atoms with Gasteiger partial charge in [0, 0.05) is 146 Å². The number of carbonyl (C=O) groups excluding carboxylic acids is 7. The molecule has 3 amide bonds. The first-order chi connectivity index (χ1) is 62.6. The number of aryl methyl sites for hydroxylation is 2. The lowest BCUT2D eigenvalue weighted by Crippen LogP contribution is -2.61. The van der Waals surface area contributed by atoms with Crippen molar-refractivity contribution in [3.63, 3.8) is 0 Å². The number of fused-ring (bicyclic) bond motifs is 5. The summed E-state index contributed by atoms with van der Waals surface area (Å²) in [5, 5.41) is 51.7. The van der Waals surface area contributed by atoms with Crippen molar-refractivity contribution in [3.05, 3.63) is 126 Å². The summed E-state index contributed by atoms with van der Waals surface area (Å²) in [4.78, 5) is 125. The highest BCUT2D eigenvalue weighted by molar-refractivity contribution is 6.39. The van der Waals surface area contributed by atoms with Crippen LogP contribution in [0.3, 0.4) is 0 Å². The molecule has 0 spiro atoms. The quantitative estimate of drug-likeness (QED) is 0.00938. The number of esters is 1. The standard InChI is InChI=1S/C94H129N17O19/c1-58-17-10-9-11-18-59(2)77(122-7)51-70-26-22-63(6)94(121,130-70)87(118)90(119)110-32-14-12-21-73(110)91(120)128-78(52-74(112)60(3)46-62(5)85(116)86(117)84(115)61(4)45-58)71(95)48-64-23-27-76(79(49-64)123-8)127-56-65-19-16-20-66(47-65)68-53-99-93(100-54-68)108-36-34-107(35-37-108)81(114)29-25-69-55-109(106-104-69)38-40-125-42-44-126-43-41-124-39-30-80(113)98-31-13-15-33-111-89-82(88(96)101-57-102-89)83(105-111)67-24-28-75-72(50-67)103-92(97)129-75/h9-11,16-20,24,28,46-47,50,53-55,57-58,60-61,63-64,70-71,73,76-79,85-86,116-117,121H,12-15,21-23,25-27,29-45,48-49,51-52,56,95H2,1-8H3,(H2,97,103)(H,98,113)(H2,96,101,102)/b11-9?,17-10+,59-18?,62-46+/t58?,60?,61?,63-,64?,70+,71?,73?,76?,77?,78?,79-,85?,86+,94-/m1/s1. The molecule has 10 unspecified atom stereocenters. The van der Waals surface area contributed by atoms with E-state index in [0.717, 1.165) is 45.6 Å². The number of benzene rings is 2. The topological polar surface area (TPSA) is 480 Å². The molecule has 5 aliphatic rings. The van der Waals surface area contributed by atoms with Crippen LogP contribution in [-0.4, -0.2) is 270 Å². The van der Waals surface area contributed by atoms with Crippen molar-refractivity contribution in [2.24, 2.45) is 35.3 Å². The van der Waals surface area contributed by atoms with Gasteiger partial charge in [-0.2, -0.15) is 10.1 Å². The summed E-state index contributed by atoms with van der Waals surface area (Å²) in [7, 11) is 3.19. The molecule has 2 bridgehead atoms. The zero-order chi connectivity index (χ0) is 92.5. The number of aliphatic hydroxyl groups excluding tert-OH is 2. The molecule has 2 aromatic carbocycles. The number of unbranched alkanes of at least 4 members (excludes halogenated alkanes) is 1. The van der Waals surface area contributed by atoms with E-state index in [0.29, 0.717) is 188 Å². The molecule has 0 radical (unpaired) electrons. The number of carbonyl (C=O) groups is 7. The lowest BCUT2D eigenvalue weighted by molar-refractivity contribution is -0.265. The molecule has 7 aromatic rings.